The van der Waals surface area contributed by atoms with Crippen LogP contribution in [0.4, 0.5) is 0 Å². The van der Waals surface area contributed by atoms with Crippen LogP contribution in [0.2, 0.25) is 0 Å². The summed E-state index contributed by atoms with van der Waals surface area (Å²) in [6.07, 6.45) is -2.79. The number of carbonyl (C=O) groups excluding carboxylic acids is 2. The number of hydrogen-bond acceptors (Lipinski definition) is 4. The predicted molar refractivity (Wildman–Crippen MR) is 59.6 cm³/mol. The van der Waals surface area contributed by atoms with E-state index in [1.165, 1.54) is 0 Å². The van der Waals surface area contributed by atoms with Gasteiger partial charge in [0.25, 0.3) is 5.91 Å². The molecule has 1 aromatic carbocycles. The van der Waals surface area contributed by atoms with Crippen molar-refractivity contribution in [2.24, 2.45) is 5.73 Å². The highest BCUT2D eigenvalue weighted by atomic mass is 16.3. The molecule has 0 fully saturated rings. The molecule has 0 spiro atoms. The first-order valence-electron chi connectivity index (χ1n) is 5.00. The molecule has 0 aliphatic heterocycles. The molecule has 1 aromatic rings. The molecule has 0 saturated carbocycles. The summed E-state index contributed by atoms with van der Waals surface area (Å²) < 4.78 is 0. The maximum absolute atomic E-state index is 11.4. The van der Waals surface area contributed by atoms with E-state index in [4.69, 9.17) is 10.8 Å². The average molecular weight is 238 g/mol. The van der Waals surface area contributed by atoms with Gasteiger partial charge < -0.3 is 21.3 Å². The van der Waals surface area contributed by atoms with E-state index < -0.39 is 24.0 Å². The van der Waals surface area contributed by atoms with Crippen LogP contribution in [-0.2, 0) is 9.59 Å². The third kappa shape index (κ3) is 3.86. The van der Waals surface area contributed by atoms with Crippen molar-refractivity contribution in [2.75, 3.05) is 6.54 Å². The number of hydrogen-bond donors (Lipinski definition) is 4. The molecule has 0 saturated heterocycles. The Morgan fingerprint density at radius 1 is 1.24 bits per heavy atom. The van der Waals surface area contributed by atoms with Crippen LogP contribution in [0.1, 0.15) is 11.7 Å². The third-order valence-electron chi connectivity index (χ3n) is 2.16. The molecule has 6 heteroatoms. The van der Waals surface area contributed by atoms with Crippen molar-refractivity contribution in [1.82, 2.24) is 5.32 Å². The first-order valence-corrected chi connectivity index (χ1v) is 5.00. The molecule has 0 bridgehead atoms. The van der Waals surface area contributed by atoms with Gasteiger partial charge in [-0.05, 0) is 5.56 Å². The Balaban J connectivity index is 2.51. The minimum Gasteiger partial charge on any atom is -0.381 e. The molecule has 17 heavy (non-hydrogen) atoms. The Morgan fingerprint density at radius 3 is 2.35 bits per heavy atom. The Hall–Kier alpha value is -1.92. The van der Waals surface area contributed by atoms with Gasteiger partial charge in [0.15, 0.2) is 6.10 Å². The lowest BCUT2D eigenvalue weighted by molar-refractivity contribution is -0.131. The zero-order valence-electron chi connectivity index (χ0n) is 9.04. The molecule has 2 amide bonds. The molecule has 2 atom stereocenters. The fraction of sp³-hybridized carbons (Fsp3) is 0.273. The summed E-state index contributed by atoms with van der Waals surface area (Å²) in [6, 6.07) is 8.31. The van der Waals surface area contributed by atoms with E-state index >= 15 is 0 Å². The van der Waals surface area contributed by atoms with E-state index in [1.807, 2.05) is 0 Å². The summed E-state index contributed by atoms with van der Waals surface area (Å²) in [5.74, 6) is -1.63. The van der Waals surface area contributed by atoms with Crippen molar-refractivity contribution in [3.8, 4) is 0 Å². The smallest absolute Gasteiger partial charge is 0.253 e. The highest BCUT2D eigenvalue weighted by molar-refractivity contribution is 5.83. The minimum atomic E-state index is -1.46. The van der Waals surface area contributed by atoms with E-state index in [9.17, 15) is 14.7 Å². The van der Waals surface area contributed by atoms with Crippen molar-refractivity contribution < 1.29 is 19.8 Å². The second kappa shape index (κ2) is 5.97. The molecule has 0 aliphatic carbocycles. The van der Waals surface area contributed by atoms with Crippen LogP contribution in [0.25, 0.3) is 0 Å². The van der Waals surface area contributed by atoms with Gasteiger partial charge in [0.1, 0.15) is 6.10 Å². The Morgan fingerprint density at radius 2 is 1.82 bits per heavy atom. The number of carbonyl (C=O) groups is 2. The largest absolute Gasteiger partial charge is 0.381 e. The maximum atomic E-state index is 11.4. The third-order valence-corrected chi connectivity index (χ3v) is 2.16. The van der Waals surface area contributed by atoms with Crippen LogP contribution < -0.4 is 11.1 Å². The summed E-state index contributed by atoms with van der Waals surface area (Å²) in [7, 11) is 0. The standard InChI is InChI=1S/C11H14N2O4/c12-10(16)8(14)6-13-11(17)9(15)7-4-2-1-3-5-7/h1-5,8-9,14-15H,6H2,(H2,12,16)(H,13,17). The van der Waals surface area contributed by atoms with Gasteiger partial charge in [-0.15, -0.1) is 0 Å². The van der Waals surface area contributed by atoms with Crippen LogP contribution in [0.15, 0.2) is 30.3 Å². The summed E-state index contributed by atoms with van der Waals surface area (Å²) in [5, 5.41) is 20.9. The average Bonchev–Trinajstić information content (AvgIpc) is 2.35. The molecular formula is C11H14N2O4. The van der Waals surface area contributed by atoms with Gasteiger partial charge in [-0.25, -0.2) is 0 Å². The zero-order chi connectivity index (χ0) is 12.8. The maximum Gasteiger partial charge on any atom is 0.253 e. The van der Waals surface area contributed by atoms with Crippen LogP contribution in [0, 0.1) is 0 Å². The Kier molecular flexibility index (Phi) is 4.62. The first-order chi connectivity index (χ1) is 8.02. The number of primary amides is 1. The zero-order valence-corrected chi connectivity index (χ0v) is 9.04. The molecule has 5 N–H and O–H groups in total. The van der Waals surface area contributed by atoms with Crippen molar-refractivity contribution in [3.63, 3.8) is 0 Å². The molecule has 1 rings (SSSR count). The SMILES string of the molecule is NC(=O)C(O)CNC(=O)C(O)c1ccccc1. The van der Waals surface area contributed by atoms with E-state index in [1.54, 1.807) is 30.3 Å². The molecule has 0 heterocycles. The van der Waals surface area contributed by atoms with Crippen LogP contribution >= 0.6 is 0 Å². The van der Waals surface area contributed by atoms with Gasteiger partial charge in [0.05, 0.1) is 6.54 Å². The van der Waals surface area contributed by atoms with Crippen molar-refractivity contribution in [1.29, 1.82) is 0 Å². The molecule has 0 aromatic heterocycles. The van der Waals surface area contributed by atoms with E-state index in [0.29, 0.717) is 5.56 Å². The molecule has 92 valence electrons. The van der Waals surface area contributed by atoms with E-state index in [-0.39, 0.29) is 6.54 Å². The van der Waals surface area contributed by atoms with Gasteiger partial charge in [0.2, 0.25) is 5.91 Å². The molecular weight excluding hydrogens is 224 g/mol. The van der Waals surface area contributed by atoms with Gasteiger partial charge in [-0.3, -0.25) is 9.59 Å². The number of amides is 2. The van der Waals surface area contributed by atoms with Crippen LogP contribution in [0.3, 0.4) is 0 Å². The van der Waals surface area contributed by atoms with Gasteiger partial charge in [0, 0.05) is 0 Å². The number of nitrogens with one attached hydrogen (secondary N) is 1. The van der Waals surface area contributed by atoms with Crippen LogP contribution in [-0.4, -0.2) is 34.7 Å². The normalized spacial score (nSPS) is 13.8. The quantitative estimate of drug-likeness (QED) is 0.509. The lowest BCUT2D eigenvalue weighted by Crippen LogP contribution is -2.41. The Labute approximate surface area is 98.1 Å². The summed E-state index contributed by atoms with van der Waals surface area (Å²) in [4.78, 5) is 22.0. The summed E-state index contributed by atoms with van der Waals surface area (Å²) >= 11 is 0. The van der Waals surface area contributed by atoms with Gasteiger partial charge in [-0.2, -0.15) is 0 Å². The highest BCUT2D eigenvalue weighted by Crippen LogP contribution is 2.11. The fourth-order valence-electron chi connectivity index (χ4n) is 1.18. The lowest BCUT2D eigenvalue weighted by Gasteiger charge is -2.13. The number of benzene rings is 1. The summed E-state index contributed by atoms with van der Waals surface area (Å²) in [6.45, 7) is -0.321. The fourth-order valence-corrected chi connectivity index (χ4v) is 1.18. The molecule has 6 nitrogen and oxygen atoms in total. The van der Waals surface area contributed by atoms with E-state index in [0.717, 1.165) is 0 Å². The lowest BCUT2D eigenvalue weighted by atomic mass is 10.1. The molecule has 0 aliphatic rings. The van der Waals surface area contributed by atoms with Gasteiger partial charge in [-0.1, -0.05) is 30.3 Å². The topological polar surface area (TPSA) is 113 Å². The van der Waals surface area contributed by atoms with Crippen LogP contribution in [0.5, 0.6) is 0 Å². The molecule has 2 unspecified atom stereocenters. The monoisotopic (exact) mass is 238 g/mol. The number of rotatable bonds is 5. The van der Waals surface area contributed by atoms with Crippen molar-refractivity contribution in [2.45, 2.75) is 12.2 Å². The predicted octanol–water partition coefficient (Wildman–Crippen LogP) is -1.32. The van der Waals surface area contributed by atoms with Gasteiger partial charge >= 0.3 is 0 Å². The summed E-state index contributed by atoms with van der Waals surface area (Å²) in [5.41, 5.74) is 5.24. The Bertz CT molecular complexity index is 394. The molecule has 0 radical (unpaired) electrons. The number of aliphatic hydroxyl groups excluding tert-OH is 2. The van der Waals surface area contributed by atoms with Crippen molar-refractivity contribution in [3.05, 3.63) is 35.9 Å². The number of aliphatic hydroxyl groups is 2. The number of nitrogens with two attached hydrogens (primary N) is 1. The second-order valence-electron chi connectivity index (χ2n) is 3.48. The van der Waals surface area contributed by atoms with Crippen molar-refractivity contribution >= 4 is 11.8 Å². The van der Waals surface area contributed by atoms with E-state index in [2.05, 4.69) is 5.32 Å². The minimum absolute atomic E-state index is 0.321. The first kappa shape index (κ1) is 13.1. The second-order valence-corrected chi connectivity index (χ2v) is 3.48. The highest BCUT2D eigenvalue weighted by Gasteiger charge is 2.19.